The van der Waals surface area contributed by atoms with Crippen molar-refractivity contribution in [3.63, 3.8) is 0 Å². The molecule has 0 unspecified atom stereocenters. The van der Waals surface area contributed by atoms with E-state index in [0.29, 0.717) is 5.69 Å². The van der Waals surface area contributed by atoms with E-state index in [1.54, 1.807) is 26.0 Å². The summed E-state index contributed by atoms with van der Waals surface area (Å²) in [5.41, 5.74) is 0.942. The Morgan fingerprint density at radius 3 is 1.83 bits per heavy atom. The summed E-state index contributed by atoms with van der Waals surface area (Å²) >= 11 is 3.35. The Morgan fingerprint density at radius 1 is 0.958 bits per heavy atom. The molecule has 0 atom stereocenters. The minimum absolute atomic E-state index is 0.155. The monoisotopic (exact) mass is 393 g/mol. The maximum Gasteiger partial charge on any atom is 0.277 e. The van der Waals surface area contributed by atoms with E-state index in [4.69, 9.17) is 0 Å². The molecule has 124 valence electrons. The van der Waals surface area contributed by atoms with E-state index >= 15 is 0 Å². The van der Waals surface area contributed by atoms with Gasteiger partial charge in [0.15, 0.2) is 0 Å². The lowest BCUT2D eigenvalue weighted by Gasteiger charge is -2.12. The van der Waals surface area contributed by atoms with Gasteiger partial charge in [-0.25, -0.2) is 0 Å². The van der Waals surface area contributed by atoms with Crippen LogP contribution in [-0.2, 0) is 0 Å². The number of nitro groups is 2. The lowest BCUT2D eigenvalue weighted by Crippen LogP contribution is -2.14. The van der Waals surface area contributed by atoms with E-state index in [2.05, 4.69) is 21.2 Å². The minimum Gasteiger partial charge on any atom is -0.321 e. The van der Waals surface area contributed by atoms with E-state index in [1.807, 2.05) is 0 Å². The molecular weight excluding hydrogens is 382 g/mol. The van der Waals surface area contributed by atoms with Crippen molar-refractivity contribution < 1.29 is 14.6 Å². The van der Waals surface area contributed by atoms with Crippen molar-refractivity contribution in [3.8, 4) is 0 Å². The number of nitrogens with zero attached hydrogens (tertiary/aromatic N) is 2. The molecule has 9 heteroatoms. The second-order valence-corrected chi connectivity index (χ2v) is 6.04. The number of nitro benzene ring substituents is 2. The average Bonchev–Trinajstić information content (AvgIpc) is 2.49. The van der Waals surface area contributed by atoms with E-state index in [-0.39, 0.29) is 5.56 Å². The quantitative estimate of drug-likeness (QED) is 0.618. The number of hydrogen-bond donors (Lipinski definition) is 1. The number of benzene rings is 2. The molecule has 8 nitrogen and oxygen atoms in total. The van der Waals surface area contributed by atoms with Crippen molar-refractivity contribution in [2.75, 3.05) is 5.32 Å². The summed E-state index contributed by atoms with van der Waals surface area (Å²) in [6, 6.07) is 6.43. The van der Waals surface area contributed by atoms with Gasteiger partial charge in [0, 0.05) is 22.3 Å². The zero-order chi connectivity index (χ0) is 18.0. The Balaban J connectivity index is 2.43. The molecule has 0 saturated heterocycles. The number of carbonyl (C=O) groups is 1. The van der Waals surface area contributed by atoms with Crippen molar-refractivity contribution in [3.05, 3.63) is 71.7 Å². The van der Waals surface area contributed by atoms with Gasteiger partial charge < -0.3 is 5.32 Å². The van der Waals surface area contributed by atoms with E-state index < -0.39 is 27.1 Å². The van der Waals surface area contributed by atoms with Crippen LogP contribution in [0.25, 0.3) is 0 Å². The third kappa shape index (κ3) is 3.74. The predicted octanol–water partition coefficient (Wildman–Crippen LogP) is 4.13. The Morgan fingerprint density at radius 2 is 1.42 bits per heavy atom. The van der Waals surface area contributed by atoms with Crippen LogP contribution in [-0.4, -0.2) is 15.8 Å². The topological polar surface area (TPSA) is 115 Å². The molecule has 1 amide bonds. The summed E-state index contributed by atoms with van der Waals surface area (Å²) in [5, 5.41) is 24.5. The molecule has 0 saturated carbocycles. The number of anilines is 1. The first-order valence-electron chi connectivity index (χ1n) is 6.71. The number of non-ortho nitro benzene ring substituents is 2. The molecule has 2 rings (SSSR count). The normalized spacial score (nSPS) is 10.3. The fourth-order valence-electron chi connectivity index (χ4n) is 2.23. The summed E-state index contributed by atoms with van der Waals surface area (Å²) in [6.07, 6.45) is 0. The highest BCUT2D eigenvalue weighted by atomic mass is 79.9. The van der Waals surface area contributed by atoms with Gasteiger partial charge >= 0.3 is 0 Å². The molecular formula is C15H12BrN3O5. The van der Waals surface area contributed by atoms with Gasteiger partial charge in [-0.05, 0) is 37.1 Å². The van der Waals surface area contributed by atoms with Crippen molar-refractivity contribution in [2.24, 2.45) is 0 Å². The van der Waals surface area contributed by atoms with Crippen molar-refractivity contribution >= 4 is 38.9 Å². The number of aryl methyl sites for hydroxylation is 2. The molecule has 0 fully saturated rings. The van der Waals surface area contributed by atoms with Gasteiger partial charge in [-0.1, -0.05) is 15.9 Å². The molecule has 0 aliphatic heterocycles. The fourth-order valence-corrected chi connectivity index (χ4v) is 2.92. The van der Waals surface area contributed by atoms with Crippen LogP contribution in [0.3, 0.4) is 0 Å². The molecule has 0 spiro atoms. The second-order valence-electron chi connectivity index (χ2n) is 5.12. The molecule has 2 aromatic carbocycles. The highest BCUT2D eigenvalue weighted by molar-refractivity contribution is 9.10. The summed E-state index contributed by atoms with van der Waals surface area (Å²) in [6.45, 7) is 3.59. The highest BCUT2D eigenvalue weighted by Crippen LogP contribution is 2.27. The van der Waals surface area contributed by atoms with Crippen molar-refractivity contribution in [1.82, 2.24) is 0 Å². The molecule has 0 bridgehead atoms. The number of amides is 1. The SMILES string of the molecule is Cc1cc(Br)cc(C)c1NC(=O)c1cc([N+](=O)[O-])cc([N+](=O)[O-])c1. The predicted molar refractivity (Wildman–Crippen MR) is 91.3 cm³/mol. The molecule has 2 aromatic rings. The highest BCUT2D eigenvalue weighted by Gasteiger charge is 2.20. The molecule has 24 heavy (non-hydrogen) atoms. The van der Waals surface area contributed by atoms with Gasteiger partial charge in [0.05, 0.1) is 21.5 Å². The van der Waals surface area contributed by atoms with E-state index in [0.717, 1.165) is 33.8 Å². The van der Waals surface area contributed by atoms with Crippen LogP contribution in [0.1, 0.15) is 21.5 Å². The van der Waals surface area contributed by atoms with Crippen LogP contribution < -0.4 is 5.32 Å². The van der Waals surface area contributed by atoms with Crippen molar-refractivity contribution in [1.29, 1.82) is 0 Å². The molecule has 0 radical (unpaired) electrons. The van der Waals surface area contributed by atoms with Gasteiger partial charge in [-0.3, -0.25) is 25.0 Å². The van der Waals surface area contributed by atoms with Gasteiger partial charge in [-0.2, -0.15) is 0 Å². The second kappa shape index (κ2) is 6.75. The maximum atomic E-state index is 12.4. The molecule has 0 aliphatic rings. The number of rotatable bonds is 4. The zero-order valence-corrected chi connectivity index (χ0v) is 14.3. The van der Waals surface area contributed by atoms with Crippen LogP contribution in [0.2, 0.25) is 0 Å². The maximum absolute atomic E-state index is 12.4. The third-order valence-corrected chi connectivity index (χ3v) is 3.78. The van der Waals surface area contributed by atoms with Gasteiger partial charge in [0.1, 0.15) is 0 Å². The van der Waals surface area contributed by atoms with Crippen LogP contribution in [0.4, 0.5) is 17.1 Å². The van der Waals surface area contributed by atoms with Gasteiger partial charge in [0.2, 0.25) is 0 Å². The summed E-state index contributed by atoms with van der Waals surface area (Å²) < 4.78 is 0.849. The van der Waals surface area contributed by atoms with Crippen LogP contribution >= 0.6 is 15.9 Å². The standard InChI is InChI=1S/C15H12BrN3O5/c1-8-3-11(16)4-9(2)14(8)17-15(20)10-5-12(18(21)22)7-13(6-10)19(23)24/h3-7H,1-2H3,(H,17,20). The fraction of sp³-hybridized carbons (Fsp3) is 0.133. The van der Waals surface area contributed by atoms with Gasteiger partial charge in [-0.15, -0.1) is 0 Å². The Kier molecular flexibility index (Phi) is 4.93. The van der Waals surface area contributed by atoms with Crippen LogP contribution in [0, 0.1) is 34.1 Å². The van der Waals surface area contributed by atoms with Gasteiger partial charge in [0.25, 0.3) is 17.3 Å². The molecule has 0 aromatic heterocycles. The number of halogens is 1. The first-order chi connectivity index (χ1) is 11.2. The van der Waals surface area contributed by atoms with Crippen LogP contribution in [0.5, 0.6) is 0 Å². The number of carbonyl (C=O) groups excluding carboxylic acids is 1. The third-order valence-electron chi connectivity index (χ3n) is 3.32. The molecule has 0 aliphatic carbocycles. The summed E-state index contributed by atoms with van der Waals surface area (Å²) in [7, 11) is 0. The lowest BCUT2D eigenvalue weighted by molar-refractivity contribution is -0.394. The summed E-state index contributed by atoms with van der Waals surface area (Å²) in [4.78, 5) is 32.6. The smallest absolute Gasteiger partial charge is 0.277 e. The lowest BCUT2D eigenvalue weighted by atomic mass is 10.1. The zero-order valence-electron chi connectivity index (χ0n) is 12.7. The number of nitrogens with one attached hydrogen (secondary N) is 1. The largest absolute Gasteiger partial charge is 0.321 e. The number of hydrogen-bond acceptors (Lipinski definition) is 5. The molecule has 1 N–H and O–H groups in total. The minimum atomic E-state index is -0.778. The van der Waals surface area contributed by atoms with E-state index in [1.165, 1.54) is 0 Å². The van der Waals surface area contributed by atoms with Crippen molar-refractivity contribution in [2.45, 2.75) is 13.8 Å². The Hall–Kier alpha value is -2.81. The first kappa shape index (κ1) is 17.5. The Bertz CT molecular complexity index is 811. The average molecular weight is 394 g/mol. The Labute approximate surface area is 144 Å². The summed E-state index contributed by atoms with van der Waals surface area (Å²) in [5.74, 6) is -0.657. The first-order valence-corrected chi connectivity index (χ1v) is 7.50. The van der Waals surface area contributed by atoms with Crippen LogP contribution in [0.15, 0.2) is 34.8 Å². The van der Waals surface area contributed by atoms with E-state index in [9.17, 15) is 25.0 Å². The molecule has 0 heterocycles.